The van der Waals surface area contributed by atoms with Gasteiger partial charge in [0.15, 0.2) is 0 Å². The highest BCUT2D eigenvalue weighted by Gasteiger charge is 2.50. The van der Waals surface area contributed by atoms with Crippen molar-refractivity contribution in [3.8, 4) is 0 Å². The summed E-state index contributed by atoms with van der Waals surface area (Å²) in [5.74, 6) is -0.322. The molecular weight excluding hydrogens is 156 g/mol. The van der Waals surface area contributed by atoms with Crippen LogP contribution in [0, 0.1) is 11.3 Å². The topological polar surface area (TPSA) is 46.5 Å². The van der Waals surface area contributed by atoms with Gasteiger partial charge in [-0.25, -0.2) is 0 Å². The van der Waals surface area contributed by atoms with Crippen LogP contribution in [0.15, 0.2) is 0 Å². The van der Waals surface area contributed by atoms with Gasteiger partial charge < -0.3 is 9.84 Å². The lowest BCUT2D eigenvalue weighted by molar-refractivity contribution is -0.159. The van der Waals surface area contributed by atoms with Gasteiger partial charge in [-0.05, 0) is 25.2 Å². The van der Waals surface area contributed by atoms with Crippen LogP contribution in [0.4, 0.5) is 0 Å². The highest BCUT2D eigenvalue weighted by molar-refractivity contribution is 5.75. The fourth-order valence-corrected chi connectivity index (χ4v) is 2.58. The summed E-state index contributed by atoms with van der Waals surface area (Å²) in [6, 6.07) is 0. The zero-order valence-electron chi connectivity index (χ0n) is 7.08. The molecule has 1 heterocycles. The van der Waals surface area contributed by atoms with Crippen molar-refractivity contribution < 1.29 is 14.6 Å². The third-order valence-electron chi connectivity index (χ3n) is 3.39. The normalized spacial score (nSPS) is 40.8. The summed E-state index contributed by atoms with van der Waals surface area (Å²) in [4.78, 5) is 11.1. The highest BCUT2D eigenvalue weighted by atomic mass is 16.5. The Balaban J connectivity index is 2.23. The van der Waals surface area contributed by atoms with Crippen LogP contribution in [0.1, 0.15) is 25.7 Å². The van der Waals surface area contributed by atoms with E-state index in [0.29, 0.717) is 19.6 Å². The summed E-state index contributed by atoms with van der Waals surface area (Å²) in [6.07, 6.45) is 3.66. The van der Waals surface area contributed by atoms with Crippen LogP contribution in [0.2, 0.25) is 0 Å². The quantitative estimate of drug-likeness (QED) is 0.644. The smallest absolute Gasteiger partial charge is 0.310 e. The molecule has 1 N–H and O–H groups in total. The molecule has 2 rings (SSSR count). The van der Waals surface area contributed by atoms with E-state index in [1.807, 2.05) is 0 Å². The lowest BCUT2D eigenvalue weighted by atomic mass is 9.74. The van der Waals surface area contributed by atoms with Crippen molar-refractivity contribution in [1.29, 1.82) is 0 Å². The van der Waals surface area contributed by atoms with Gasteiger partial charge in [-0.2, -0.15) is 0 Å². The second kappa shape index (κ2) is 2.73. The summed E-state index contributed by atoms with van der Waals surface area (Å²) >= 11 is 0. The SMILES string of the molecule is O=C(O)C12CCCC1COCC2. The first kappa shape index (κ1) is 8.05. The van der Waals surface area contributed by atoms with E-state index in [1.54, 1.807) is 0 Å². The first-order valence-electron chi connectivity index (χ1n) is 4.57. The Kier molecular flexibility index (Phi) is 1.83. The Morgan fingerprint density at radius 3 is 3.00 bits per heavy atom. The van der Waals surface area contributed by atoms with Crippen LogP contribution in [-0.2, 0) is 9.53 Å². The molecule has 0 aromatic carbocycles. The number of hydrogen-bond acceptors (Lipinski definition) is 2. The van der Waals surface area contributed by atoms with E-state index in [1.165, 1.54) is 0 Å². The zero-order chi connectivity index (χ0) is 8.60. The third kappa shape index (κ3) is 0.959. The molecule has 1 saturated carbocycles. The van der Waals surface area contributed by atoms with Crippen molar-refractivity contribution in [3.05, 3.63) is 0 Å². The van der Waals surface area contributed by atoms with E-state index in [0.717, 1.165) is 19.3 Å². The van der Waals surface area contributed by atoms with Crippen molar-refractivity contribution in [3.63, 3.8) is 0 Å². The van der Waals surface area contributed by atoms with Gasteiger partial charge in [0.25, 0.3) is 0 Å². The van der Waals surface area contributed by atoms with E-state index < -0.39 is 11.4 Å². The second-order valence-electron chi connectivity index (χ2n) is 3.88. The van der Waals surface area contributed by atoms with Crippen LogP contribution >= 0.6 is 0 Å². The minimum absolute atomic E-state index is 0.281. The van der Waals surface area contributed by atoms with Crippen molar-refractivity contribution in [2.75, 3.05) is 13.2 Å². The number of aliphatic carboxylic acids is 1. The number of rotatable bonds is 1. The second-order valence-corrected chi connectivity index (χ2v) is 3.88. The minimum Gasteiger partial charge on any atom is -0.481 e. The third-order valence-corrected chi connectivity index (χ3v) is 3.39. The van der Waals surface area contributed by atoms with Crippen LogP contribution in [0.3, 0.4) is 0 Å². The maximum Gasteiger partial charge on any atom is 0.310 e. The predicted molar refractivity (Wildman–Crippen MR) is 42.8 cm³/mol. The van der Waals surface area contributed by atoms with Crippen molar-refractivity contribution >= 4 is 5.97 Å². The molecule has 1 aliphatic heterocycles. The molecule has 3 heteroatoms. The van der Waals surface area contributed by atoms with Crippen molar-refractivity contribution in [2.24, 2.45) is 11.3 Å². The lowest BCUT2D eigenvalue weighted by Crippen LogP contribution is -2.41. The van der Waals surface area contributed by atoms with E-state index in [4.69, 9.17) is 9.84 Å². The molecule has 12 heavy (non-hydrogen) atoms. The summed E-state index contributed by atoms with van der Waals surface area (Å²) in [5, 5.41) is 9.14. The average molecular weight is 170 g/mol. The van der Waals surface area contributed by atoms with Gasteiger partial charge in [-0.3, -0.25) is 4.79 Å². The fourth-order valence-electron chi connectivity index (χ4n) is 2.58. The summed E-state index contributed by atoms with van der Waals surface area (Å²) in [7, 11) is 0. The van der Waals surface area contributed by atoms with E-state index in [9.17, 15) is 4.79 Å². The molecule has 0 amide bonds. The van der Waals surface area contributed by atoms with Crippen LogP contribution in [-0.4, -0.2) is 24.3 Å². The maximum absolute atomic E-state index is 11.1. The maximum atomic E-state index is 11.1. The van der Waals surface area contributed by atoms with E-state index >= 15 is 0 Å². The highest BCUT2D eigenvalue weighted by Crippen LogP contribution is 2.48. The van der Waals surface area contributed by atoms with Gasteiger partial charge in [-0.15, -0.1) is 0 Å². The van der Waals surface area contributed by atoms with Crippen molar-refractivity contribution in [2.45, 2.75) is 25.7 Å². The number of ether oxygens (including phenoxy) is 1. The Hall–Kier alpha value is -0.570. The molecule has 0 spiro atoms. The Bertz CT molecular complexity index is 202. The number of fused-ring (bicyclic) bond motifs is 1. The summed E-state index contributed by atoms with van der Waals surface area (Å²) in [5.41, 5.74) is -0.418. The molecule has 0 aromatic heterocycles. The van der Waals surface area contributed by atoms with Gasteiger partial charge in [0, 0.05) is 6.61 Å². The Labute approximate surface area is 71.7 Å². The summed E-state index contributed by atoms with van der Waals surface area (Å²) < 4.78 is 5.30. The Morgan fingerprint density at radius 1 is 1.50 bits per heavy atom. The van der Waals surface area contributed by atoms with E-state index in [2.05, 4.69) is 0 Å². The molecule has 3 nitrogen and oxygen atoms in total. The minimum atomic E-state index is -0.603. The molecule has 2 unspecified atom stereocenters. The van der Waals surface area contributed by atoms with Gasteiger partial charge in [0.05, 0.1) is 12.0 Å². The Morgan fingerprint density at radius 2 is 2.33 bits per heavy atom. The zero-order valence-corrected chi connectivity index (χ0v) is 7.08. The van der Waals surface area contributed by atoms with Crippen molar-refractivity contribution in [1.82, 2.24) is 0 Å². The molecular formula is C9H14O3. The number of carboxylic acids is 1. The van der Waals surface area contributed by atoms with Gasteiger partial charge >= 0.3 is 5.97 Å². The molecule has 2 aliphatic rings. The number of hydrogen-bond donors (Lipinski definition) is 1. The molecule has 2 atom stereocenters. The van der Waals surface area contributed by atoms with Crippen LogP contribution in [0.25, 0.3) is 0 Å². The monoisotopic (exact) mass is 170 g/mol. The average Bonchev–Trinajstić information content (AvgIpc) is 2.48. The molecule has 2 fully saturated rings. The van der Waals surface area contributed by atoms with Gasteiger partial charge in [0.1, 0.15) is 0 Å². The largest absolute Gasteiger partial charge is 0.481 e. The molecule has 0 radical (unpaired) electrons. The molecule has 0 bridgehead atoms. The number of carboxylic acid groups (broad SMARTS) is 1. The molecule has 1 saturated heterocycles. The van der Waals surface area contributed by atoms with Gasteiger partial charge in [-0.1, -0.05) is 6.42 Å². The summed E-state index contributed by atoms with van der Waals surface area (Å²) in [6.45, 7) is 1.29. The number of carbonyl (C=O) groups is 1. The van der Waals surface area contributed by atoms with Crippen LogP contribution < -0.4 is 0 Å². The molecule has 68 valence electrons. The standard InChI is InChI=1S/C9H14O3/c10-8(11)9-3-1-2-7(9)6-12-5-4-9/h7H,1-6H2,(H,10,11). The first-order valence-corrected chi connectivity index (χ1v) is 4.57. The molecule has 0 aromatic rings. The van der Waals surface area contributed by atoms with Gasteiger partial charge in [0.2, 0.25) is 0 Å². The molecule has 1 aliphatic carbocycles. The van der Waals surface area contributed by atoms with Crippen LogP contribution in [0.5, 0.6) is 0 Å². The first-order chi connectivity index (χ1) is 5.76. The fraction of sp³-hybridized carbons (Fsp3) is 0.889. The van der Waals surface area contributed by atoms with E-state index in [-0.39, 0.29) is 5.92 Å². The lowest BCUT2D eigenvalue weighted by Gasteiger charge is -2.35. The predicted octanol–water partition coefficient (Wildman–Crippen LogP) is 1.28.